The van der Waals surface area contributed by atoms with Gasteiger partial charge in [-0.15, -0.1) is 0 Å². The van der Waals surface area contributed by atoms with E-state index in [0.29, 0.717) is 37.0 Å². The zero-order valence-electron chi connectivity index (χ0n) is 16.2. The largest absolute Gasteiger partial charge is 0.396 e. The number of carbonyl (C=O) groups excluding carboxylic acids is 1. The topological polar surface area (TPSA) is 98.6 Å². The third-order valence-electron chi connectivity index (χ3n) is 3.82. The minimum atomic E-state index is -0.137. The Hall–Kier alpha value is -2.15. The molecule has 7 nitrogen and oxygen atoms in total. The summed E-state index contributed by atoms with van der Waals surface area (Å²) in [6, 6.07) is 3.47. The molecule has 0 bridgehead atoms. The molecular weight excluding hydrogens is 330 g/mol. The number of aliphatic hydroxyl groups excluding tert-OH is 1. The van der Waals surface area contributed by atoms with E-state index < -0.39 is 0 Å². The van der Waals surface area contributed by atoms with Crippen molar-refractivity contribution in [3.05, 3.63) is 30.1 Å². The minimum absolute atomic E-state index is 0.137. The van der Waals surface area contributed by atoms with Crippen molar-refractivity contribution in [2.75, 3.05) is 32.8 Å². The normalized spacial score (nSPS) is 12.7. The zero-order valence-corrected chi connectivity index (χ0v) is 16.2. The summed E-state index contributed by atoms with van der Waals surface area (Å²) in [4.78, 5) is 20.5. The van der Waals surface area contributed by atoms with Gasteiger partial charge in [0, 0.05) is 45.2 Å². The number of pyridine rings is 1. The van der Waals surface area contributed by atoms with E-state index in [1.165, 1.54) is 0 Å². The zero-order chi connectivity index (χ0) is 19.2. The quantitative estimate of drug-likeness (QED) is 0.271. The van der Waals surface area contributed by atoms with Gasteiger partial charge in [0.05, 0.1) is 5.56 Å². The Morgan fingerprint density at radius 2 is 2.04 bits per heavy atom. The smallest absolute Gasteiger partial charge is 0.252 e. The second kappa shape index (κ2) is 13.1. The summed E-state index contributed by atoms with van der Waals surface area (Å²) in [5.74, 6) is 1.55. The molecule has 0 aliphatic rings. The molecule has 146 valence electrons. The molecule has 1 aromatic rings. The summed E-state index contributed by atoms with van der Waals surface area (Å²) >= 11 is 0. The van der Waals surface area contributed by atoms with Gasteiger partial charge in [0.2, 0.25) is 0 Å². The molecule has 1 atom stereocenters. The number of nitrogens with zero attached hydrogens (tertiary/aromatic N) is 2. The van der Waals surface area contributed by atoms with E-state index in [9.17, 15) is 9.90 Å². The van der Waals surface area contributed by atoms with Crippen molar-refractivity contribution in [1.82, 2.24) is 20.9 Å². The number of aromatic nitrogens is 1. The molecule has 1 heterocycles. The summed E-state index contributed by atoms with van der Waals surface area (Å²) in [6.07, 6.45) is 5.00. The number of guanidine groups is 1. The molecular formula is C19H33N5O2. The van der Waals surface area contributed by atoms with Crippen LogP contribution in [0.2, 0.25) is 0 Å². The van der Waals surface area contributed by atoms with E-state index in [4.69, 9.17) is 0 Å². The number of rotatable bonds is 11. The highest BCUT2D eigenvalue weighted by molar-refractivity contribution is 5.93. The number of amides is 1. The van der Waals surface area contributed by atoms with Crippen LogP contribution < -0.4 is 16.0 Å². The van der Waals surface area contributed by atoms with Gasteiger partial charge in [-0.1, -0.05) is 13.8 Å². The monoisotopic (exact) mass is 363 g/mol. The van der Waals surface area contributed by atoms with E-state index in [0.717, 1.165) is 25.3 Å². The van der Waals surface area contributed by atoms with Gasteiger partial charge in [0.15, 0.2) is 5.96 Å². The van der Waals surface area contributed by atoms with E-state index in [2.05, 4.69) is 39.8 Å². The van der Waals surface area contributed by atoms with Gasteiger partial charge in [0.1, 0.15) is 0 Å². The van der Waals surface area contributed by atoms with Crippen LogP contribution in [0, 0.1) is 11.8 Å². The maximum atomic E-state index is 12.0. The molecule has 1 amide bonds. The summed E-state index contributed by atoms with van der Waals surface area (Å²) in [5.41, 5.74) is 0.550. The number of aliphatic imine (C=N–C) groups is 1. The number of carbonyl (C=O) groups is 1. The van der Waals surface area contributed by atoms with Crippen molar-refractivity contribution in [1.29, 1.82) is 0 Å². The molecule has 26 heavy (non-hydrogen) atoms. The van der Waals surface area contributed by atoms with Crippen molar-refractivity contribution in [2.24, 2.45) is 16.8 Å². The lowest BCUT2D eigenvalue weighted by molar-refractivity contribution is 0.0954. The fourth-order valence-corrected chi connectivity index (χ4v) is 2.65. The number of nitrogens with one attached hydrogen (secondary N) is 3. The molecule has 0 aliphatic heterocycles. The Bertz CT molecular complexity index is 534. The molecule has 7 heteroatoms. The molecule has 1 unspecified atom stereocenters. The number of aliphatic hydroxyl groups is 1. The van der Waals surface area contributed by atoms with Gasteiger partial charge in [-0.05, 0) is 43.7 Å². The Labute approximate surface area is 156 Å². The van der Waals surface area contributed by atoms with Crippen LogP contribution in [0.25, 0.3) is 0 Å². The third-order valence-corrected chi connectivity index (χ3v) is 3.82. The molecule has 0 radical (unpaired) electrons. The third kappa shape index (κ3) is 9.36. The SMILES string of the molecule is CCNC(=NCC(CCO)CC(C)C)NCCNC(=O)c1cccnc1. The first-order valence-corrected chi connectivity index (χ1v) is 9.38. The van der Waals surface area contributed by atoms with Crippen molar-refractivity contribution < 1.29 is 9.90 Å². The first-order valence-electron chi connectivity index (χ1n) is 9.38. The Kier molecular flexibility index (Phi) is 11.0. The minimum Gasteiger partial charge on any atom is -0.396 e. The molecule has 0 fully saturated rings. The Balaban J connectivity index is 2.42. The summed E-state index contributed by atoms with van der Waals surface area (Å²) < 4.78 is 0. The summed E-state index contributed by atoms with van der Waals surface area (Å²) in [6.45, 7) is 9.08. The van der Waals surface area contributed by atoms with Crippen molar-refractivity contribution in [2.45, 2.75) is 33.6 Å². The van der Waals surface area contributed by atoms with Crippen LogP contribution in [-0.2, 0) is 0 Å². The van der Waals surface area contributed by atoms with Gasteiger partial charge in [-0.3, -0.25) is 14.8 Å². The fourth-order valence-electron chi connectivity index (χ4n) is 2.65. The summed E-state index contributed by atoms with van der Waals surface area (Å²) in [5, 5.41) is 18.5. The van der Waals surface area contributed by atoms with Gasteiger partial charge < -0.3 is 21.1 Å². The molecule has 0 spiro atoms. The molecule has 0 saturated carbocycles. The highest BCUT2D eigenvalue weighted by Gasteiger charge is 2.10. The van der Waals surface area contributed by atoms with Crippen LogP contribution in [0.15, 0.2) is 29.5 Å². The van der Waals surface area contributed by atoms with Crippen LogP contribution in [0.3, 0.4) is 0 Å². The second-order valence-corrected chi connectivity index (χ2v) is 6.65. The van der Waals surface area contributed by atoms with Crippen LogP contribution in [0.4, 0.5) is 0 Å². The van der Waals surface area contributed by atoms with Gasteiger partial charge in [-0.25, -0.2) is 0 Å². The first kappa shape index (κ1) is 21.9. The lowest BCUT2D eigenvalue weighted by Crippen LogP contribution is -2.41. The molecule has 4 N–H and O–H groups in total. The van der Waals surface area contributed by atoms with Gasteiger partial charge in [0.25, 0.3) is 5.91 Å². The van der Waals surface area contributed by atoms with Crippen LogP contribution in [0.5, 0.6) is 0 Å². The fraction of sp³-hybridized carbons (Fsp3) is 0.632. The summed E-state index contributed by atoms with van der Waals surface area (Å²) in [7, 11) is 0. The lowest BCUT2D eigenvalue weighted by Gasteiger charge is -2.17. The van der Waals surface area contributed by atoms with E-state index >= 15 is 0 Å². The Morgan fingerprint density at radius 1 is 1.27 bits per heavy atom. The average Bonchev–Trinajstić information content (AvgIpc) is 2.63. The predicted molar refractivity (Wildman–Crippen MR) is 105 cm³/mol. The lowest BCUT2D eigenvalue weighted by atomic mass is 9.94. The van der Waals surface area contributed by atoms with Gasteiger partial charge in [-0.2, -0.15) is 0 Å². The van der Waals surface area contributed by atoms with Crippen LogP contribution in [-0.4, -0.2) is 54.7 Å². The predicted octanol–water partition coefficient (Wildman–Crippen LogP) is 1.41. The molecule has 1 rings (SSSR count). The molecule has 0 saturated heterocycles. The highest BCUT2D eigenvalue weighted by atomic mass is 16.3. The second-order valence-electron chi connectivity index (χ2n) is 6.65. The first-order chi connectivity index (χ1) is 12.6. The Morgan fingerprint density at radius 3 is 2.65 bits per heavy atom. The maximum absolute atomic E-state index is 12.0. The van der Waals surface area contributed by atoms with Crippen molar-refractivity contribution in [3.8, 4) is 0 Å². The maximum Gasteiger partial charge on any atom is 0.252 e. The van der Waals surface area contributed by atoms with Crippen molar-refractivity contribution >= 4 is 11.9 Å². The molecule has 0 aliphatic carbocycles. The van der Waals surface area contributed by atoms with Gasteiger partial charge >= 0.3 is 0 Å². The van der Waals surface area contributed by atoms with Crippen molar-refractivity contribution in [3.63, 3.8) is 0 Å². The standard InChI is InChI=1S/C19H33N5O2/c1-4-21-19(24-13-16(7-11-25)12-15(2)3)23-10-9-22-18(26)17-6-5-8-20-14-17/h5-6,8,14-16,25H,4,7,9-13H2,1-3H3,(H,22,26)(H2,21,23,24). The molecule has 1 aromatic heterocycles. The van der Waals surface area contributed by atoms with E-state index in [-0.39, 0.29) is 12.5 Å². The average molecular weight is 364 g/mol. The van der Waals surface area contributed by atoms with E-state index in [1.54, 1.807) is 24.5 Å². The molecule has 0 aromatic carbocycles. The van der Waals surface area contributed by atoms with E-state index in [1.807, 2.05) is 6.92 Å². The number of hydrogen-bond donors (Lipinski definition) is 4. The number of hydrogen-bond acceptors (Lipinski definition) is 4. The highest BCUT2D eigenvalue weighted by Crippen LogP contribution is 2.15. The van der Waals surface area contributed by atoms with Crippen LogP contribution >= 0.6 is 0 Å². The van der Waals surface area contributed by atoms with Crippen LogP contribution in [0.1, 0.15) is 44.0 Å².